The van der Waals surface area contributed by atoms with Crippen LogP contribution in [0.3, 0.4) is 0 Å². The molecule has 0 atom stereocenters. The number of anilines is 1. The molecule has 0 aliphatic rings. The third kappa shape index (κ3) is 4.25. The maximum atomic E-state index is 12.4. The Hall–Kier alpha value is -3.36. The lowest BCUT2D eigenvalue weighted by Crippen LogP contribution is -2.13. The van der Waals surface area contributed by atoms with E-state index in [-0.39, 0.29) is 11.9 Å². The number of aromatic amines is 2. The zero-order valence-electron chi connectivity index (χ0n) is 15.7. The molecular weight excluding hydrogens is 348 g/mol. The number of ether oxygens (including phenoxy) is 2. The Morgan fingerprint density at radius 1 is 1.11 bits per heavy atom. The standard InChI is InChI=1S/C18H22N6O3/c1-10(2)7-16-19-18(24-23-16)20-17(25)13-9-12(21-22-13)11-5-6-14(26-3)15(8-11)27-4/h5-6,8-10H,7H2,1-4H3,(H,21,22)(H2,19,20,23,24,25). The summed E-state index contributed by atoms with van der Waals surface area (Å²) in [7, 11) is 3.14. The second-order valence-electron chi connectivity index (χ2n) is 6.39. The summed E-state index contributed by atoms with van der Waals surface area (Å²) in [5.41, 5.74) is 1.70. The molecule has 1 amide bonds. The van der Waals surface area contributed by atoms with Crippen LogP contribution in [0, 0.1) is 5.92 Å². The van der Waals surface area contributed by atoms with Gasteiger partial charge in [-0.05, 0) is 30.2 Å². The van der Waals surface area contributed by atoms with Crippen molar-refractivity contribution in [3.8, 4) is 22.8 Å². The molecule has 2 heterocycles. The number of H-pyrrole nitrogens is 2. The summed E-state index contributed by atoms with van der Waals surface area (Å²) < 4.78 is 10.5. The van der Waals surface area contributed by atoms with Crippen molar-refractivity contribution in [2.75, 3.05) is 19.5 Å². The van der Waals surface area contributed by atoms with E-state index in [0.29, 0.717) is 28.8 Å². The number of carbonyl (C=O) groups excluding carboxylic acids is 1. The lowest BCUT2D eigenvalue weighted by molar-refractivity contribution is 0.102. The summed E-state index contributed by atoms with van der Waals surface area (Å²) in [6, 6.07) is 7.07. The fraction of sp³-hybridized carbons (Fsp3) is 0.333. The number of rotatable bonds is 7. The fourth-order valence-corrected chi connectivity index (χ4v) is 2.58. The normalized spacial score (nSPS) is 10.9. The molecule has 3 aromatic rings. The highest BCUT2D eigenvalue weighted by Crippen LogP contribution is 2.31. The summed E-state index contributed by atoms with van der Waals surface area (Å²) in [6.07, 6.45) is 0.760. The Bertz CT molecular complexity index is 931. The van der Waals surface area contributed by atoms with Crippen LogP contribution in [-0.2, 0) is 6.42 Å². The molecule has 3 rings (SSSR count). The molecule has 0 bridgehead atoms. The third-order valence-electron chi connectivity index (χ3n) is 3.86. The Morgan fingerprint density at radius 3 is 2.59 bits per heavy atom. The summed E-state index contributed by atoms with van der Waals surface area (Å²) in [6.45, 7) is 4.17. The molecule has 0 radical (unpaired) electrons. The number of methoxy groups -OCH3 is 2. The first kappa shape index (κ1) is 18.4. The molecule has 0 aliphatic heterocycles. The van der Waals surface area contributed by atoms with Gasteiger partial charge in [0.25, 0.3) is 5.91 Å². The first-order valence-electron chi connectivity index (χ1n) is 8.50. The maximum Gasteiger partial charge on any atom is 0.276 e. The van der Waals surface area contributed by atoms with Crippen LogP contribution in [0.15, 0.2) is 24.3 Å². The molecule has 0 saturated heterocycles. The summed E-state index contributed by atoms with van der Waals surface area (Å²) in [4.78, 5) is 16.7. The average molecular weight is 370 g/mol. The van der Waals surface area contributed by atoms with Gasteiger partial charge in [-0.25, -0.2) is 0 Å². The van der Waals surface area contributed by atoms with Crippen molar-refractivity contribution in [1.29, 1.82) is 0 Å². The zero-order chi connectivity index (χ0) is 19.4. The molecule has 0 saturated carbocycles. The topological polar surface area (TPSA) is 118 Å². The summed E-state index contributed by atoms with van der Waals surface area (Å²) in [5.74, 6) is 2.25. The SMILES string of the molecule is COc1ccc(-c2cc(C(=O)Nc3n[nH]c(CC(C)C)n3)[nH]n2)cc1OC. The van der Waals surface area contributed by atoms with Gasteiger partial charge in [-0.15, -0.1) is 5.10 Å². The van der Waals surface area contributed by atoms with Crippen LogP contribution in [0.2, 0.25) is 0 Å². The highest BCUT2D eigenvalue weighted by molar-refractivity contribution is 6.02. The predicted octanol–water partition coefficient (Wildman–Crippen LogP) is 2.66. The van der Waals surface area contributed by atoms with E-state index in [1.165, 1.54) is 0 Å². The molecule has 142 valence electrons. The van der Waals surface area contributed by atoms with Crippen molar-refractivity contribution in [1.82, 2.24) is 25.4 Å². The number of nitrogens with one attached hydrogen (secondary N) is 3. The quantitative estimate of drug-likeness (QED) is 0.588. The van der Waals surface area contributed by atoms with Crippen molar-refractivity contribution >= 4 is 11.9 Å². The van der Waals surface area contributed by atoms with E-state index in [4.69, 9.17) is 9.47 Å². The number of amides is 1. The molecular formula is C18H22N6O3. The highest BCUT2D eigenvalue weighted by Gasteiger charge is 2.15. The lowest BCUT2D eigenvalue weighted by Gasteiger charge is -2.08. The van der Waals surface area contributed by atoms with Gasteiger partial charge in [0, 0.05) is 12.0 Å². The average Bonchev–Trinajstić information content (AvgIpc) is 3.30. The molecule has 27 heavy (non-hydrogen) atoms. The van der Waals surface area contributed by atoms with Gasteiger partial charge in [0.05, 0.1) is 19.9 Å². The Balaban J connectivity index is 1.73. The molecule has 1 aromatic carbocycles. The van der Waals surface area contributed by atoms with Crippen molar-refractivity contribution in [3.05, 3.63) is 35.8 Å². The second kappa shape index (κ2) is 7.90. The van der Waals surface area contributed by atoms with Crippen molar-refractivity contribution in [2.45, 2.75) is 20.3 Å². The number of benzene rings is 1. The fourth-order valence-electron chi connectivity index (χ4n) is 2.58. The van der Waals surface area contributed by atoms with Gasteiger partial charge in [-0.2, -0.15) is 10.1 Å². The first-order valence-corrected chi connectivity index (χ1v) is 8.50. The number of aromatic nitrogens is 5. The van der Waals surface area contributed by atoms with E-state index < -0.39 is 0 Å². The summed E-state index contributed by atoms with van der Waals surface area (Å²) in [5, 5.41) is 16.4. The van der Waals surface area contributed by atoms with Crippen LogP contribution < -0.4 is 14.8 Å². The van der Waals surface area contributed by atoms with E-state index in [1.54, 1.807) is 32.4 Å². The highest BCUT2D eigenvalue weighted by atomic mass is 16.5. The third-order valence-corrected chi connectivity index (χ3v) is 3.86. The minimum atomic E-state index is -0.371. The van der Waals surface area contributed by atoms with Crippen LogP contribution in [0.4, 0.5) is 5.95 Å². The van der Waals surface area contributed by atoms with Crippen LogP contribution >= 0.6 is 0 Å². The van der Waals surface area contributed by atoms with Crippen molar-refractivity contribution in [2.24, 2.45) is 5.92 Å². The van der Waals surface area contributed by atoms with Crippen LogP contribution in [0.1, 0.15) is 30.2 Å². The number of nitrogens with zero attached hydrogens (tertiary/aromatic N) is 3. The molecule has 3 N–H and O–H groups in total. The maximum absolute atomic E-state index is 12.4. The largest absolute Gasteiger partial charge is 0.493 e. The number of hydrogen-bond donors (Lipinski definition) is 3. The van der Waals surface area contributed by atoms with E-state index in [2.05, 4.69) is 44.5 Å². The van der Waals surface area contributed by atoms with Gasteiger partial charge < -0.3 is 9.47 Å². The van der Waals surface area contributed by atoms with Gasteiger partial charge in [-0.1, -0.05) is 13.8 Å². The zero-order valence-corrected chi connectivity index (χ0v) is 15.7. The molecule has 0 aliphatic carbocycles. The van der Waals surface area contributed by atoms with E-state index in [1.807, 2.05) is 6.07 Å². The van der Waals surface area contributed by atoms with Gasteiger partial charge in [-0.3, -0.25) is 20.3 Å². The molecule has 9 nitrogen and oxygen atoms in total. The Kier molecular flexibility index (Phi) is 5.39. The van der Waals surface area contributed by atoms with Gasteiger partial charge in [0.1, 0.15) is 11.5 Å². The van der Waals surface area contributed by atoms with Crippen LogP contribution in [0.25, 0.3) is 11.3 Å². The Morgan fingerprint density at radius 2 is 1.89 bits per heavy atom. The molecule has 0 fully saturated rings. The lowest BCUT2D eigenvalue weighted by atomic mass is 10.1. The van der Waals surface area contributed by atoms with Crippen molar-refractivity contribution < 1.29 is 14.3 Å². The molecule has 0 unspecified atom stereocenters. The van der Waals surface area contributed by atoms with E-state index in [0.717, 1.165) is 17.8 Å². The van der Waals surface area contributed by atoms with Crippen LogP contribution in [-0.4, -0.2) is 45.5 Å². The molecule has 0 spiro atoms. The monoisotopic (exact) mass is 370 g/mol. The van der Waals surface area contributed by atoms with Crippen LogP contribution in [0.5, 0.6) is 11.5 Å². The van der Waals surface area contributed by atoms with Gasteiger partial charge >= 0.3 is 0 Å². The first-order chi connectivity index (χ1) is 13.0. The molecule has 9 heteroatoms. The van der Waals surface area contributed by atoms with E-state index in [9.17, 15) is 4.79 Å². The minimum absolute atomic E-state index is 0.234. The number of carbonyl (C=O) groups is 1. The van der Waals surface area contributed by atoms with Gasteiger partial charge in [0.15, 0.2) is 11.5 Å². The molecule has 2 aromatic heterocycles. The van der Waals surface area contributed by atoms with Crippen molar-refractivity contribution in [3.63, 3.8) is 0 Å². The minimum Gasteiger partial charge on any atom is -0.493 e. The predicted molar refractivity (Wildman–Crippen MR) is 100 cm³/mol. The number of hydrogen-bond acceptors (Lipinski definition) is 6. The van der Waals surface area contributed by atoms with Gasteiger partial charge in [0.2, 0.25) is 5.95 Å². The Labute approximate surface area is 156 Å². The smallest absolute Gasteiger partial charge is 0.276 e. The van der Waals surface area contributed by atoms with E-state index >= 15 is 0 Å². The summed E-state index contributed by atoms with van der Waals surface area (Å²) >= 11 is 0. The second-order valence-corrected chi connectivity index (χ2v) is 6.39.